The number of rotatable bonds is 4. The van der Waals surface area contributed by atoms with Gasteiger partial charge in [0.2, 0.25) is 0 Å². The average Bonchev–Trinajstić information content (AvgIpc) is 3.05. The Balaban J connectivity index is 1.68. The van der Waals surface area contributed by atoms with Gasteiger partial charge < -0.3 is 25.0 Å². The van der Waals surface area contributed by atoms with Crippen LogP contribution in [0.5, 0.6) is 11.5 Å². The van der Waals surface area contributed by atoms with Crippen molar-refractivity contribution in [3.05, 3.63) is 39.8 Å². The summed E-state index contributed by atoms with van der Waals surface area (Å²) < 4.78 is 10.9. The number of fused-ring (bicyclic) bond motifs is 3. The second-order valence-electron chi connectivity index (χ2n) is 7.33. The number of hydrogen-bond donors (Lipinski definition) is 3. The molecule has 0 fully saturated rings. The van der Waals surface area contributed by atoms with E-state index in [1.807, 2.05) is 18.2 Å². The van der Waals surface area contributed by atoms with Crippen LogP contribution >= 0.6 is 11.3 Å². The normalized spacial score (nSPS) is 21.1. The fourth-order valence-corrected chi connectivity index (χ4v) is 5.33. The van der Waals surface area contributed by atoms with Gasteiger partial charge in [0.05, 0.1) is 37.2 Å². The maximum absolute atomic E-state index is 12.9. The minimum absolute atomic E-state index is 0.0101. The number of methoxy groups -OCH3 is 2. The summed E-state index contributed by atoms with van der Waals surface area (Å²) in [5, 5.41) is 7.57. The highest BCUT2D eigenvalue weighted by Crippen LogP contribution is 2.42. The van der Waals surface area contributed by atoms with Crippen molar-refractivity contribution in [3.63, 3.8) is 0 Å². The summed E-state index contributed by atoms with van der Waals surface area (Å²) in [5.74, 6) is 1.28. The highest BCUT2D eigenvalue weighted by Gasteiger charge is 2.36. The van der Waals surface area contributed by atoms with E-state index in [1.165, 1.54) is 10.4 Å². The zero-order valence-corrected chi connectivity index (χ0v) is 17.0. The predicted molar refractivity (Wildman–Crippen MR) is 106 cm³/mol. The van der Waals surface area contributed by atoms with Gasteiger partial charge in [-0.25, -0.2) is 0 Å². The number of quaternary nitrogens is 1. The lowest BCUT2D eigenvalue weighted by Gasteiger charge is -2.29. The molecule has 144 valence electrons. The summed E-state index contributed by atoms with van der Waals surface area (Å²) in [7, 11) is 3.23. The molecule has 0 bridgehead atoms. The maximum Gasteiger partial charge on any atom is 0.256 e. The van der Waals surface area contributed by atoms with Crippen molar-refractivity contribution in [1.29, 1.82) is 0 Å². The molecule has 3 N–H and O–H groups in total. The van der Waals surface area contributed by atoms with Crippen molar-refractivity contribution in [3.8, 4) is 11.5 Å². The van der Waals surface area contributed by atoms with Gasteiger partial charge in [-0.2, -0.15) is 0 Å². The second-order valence-corrected chi connectivity index (χ2v) is 8.44. The molecule has 0 aliphatic carbocycles. The minimum Gasteiger partial charge on any atom is -0.493 e. The number of hydrogen-bond acceptors (Lipinski definition) is 5. The third-order valence-corrected chi connectivity index (χ3v) is 6.68. The zero-order valence-electron chi connectivity index (χ0n) is 16.1. The molecular weight excluding hydrogens is 362 g/mol. The number of para-hydroxylation sites is 1. The molecule has 3 heterocycles. The molecule has 0 saturated heterocycles. The Kier molecular flexibility index (Phi) is 4.74. The van der Waals surface area contributed by atoms with Crippen molar-refractivity contribution in [2.75, 3.05) is 26.1 Å². The molecule has 1 aromatic carbocycles. The third kappa shape index (κ3) is 3.04. The van der Waals surface area contributed by atoms with Gasteiger partial charge in [-0.1, -0.05) is 12.1 Å². The molecule has 1 unspecified atom stereocenters. The summed E-state index contributed by atoms with van der Waals surface area (Å²) >= 11 is 1.72. The van der Waals surface area contributed by atoms with Crippen LogP contribution in [0, 0.1) is 0 Å². The minimum atomic E-state index is -0.344. The lowest BCUT2D eigenvalue weighted by Crippen LogP contribution is -3.14. The molecule has 0 saturated carbocycles. The first-order valence-corrected chi connectivity index (χ1v) is 10.1. The highest BCUT2D eigenvalue weighted by atomic mass is 32.1. The highest BCUT2D eigenvalue weighted by molar-refractivity contribution is 7.16. The SMILES string of the molecule is COc1cccc([C@@H]2NC(=O)c3c(sc4c3CC[NH+](C(C)C)C4)N2)c1OC. The van der Waals surface area contributed by atoms with Gasteiger partial charge >= 0.3 is 0 Å². The van der Waals surface area contributed by atoms with Crippen molar-refractivity contribution >= 4 is 22.2 Å². The smallest absolute Gasteiger partial charge is 0.256 e. The van der Waals surface area contributed by atoms with Crippen molar-refractivity contribution in [2.45, 2.75) is 39.0 Å². The van der Waals surface area contributed by atoms with Gasteiger partial charge in [0.15, 0.2) is 11.5 Å². The van der Waals surface area contributed by atoms with Gasteiger partial charge in [-0.15, -0.1) is 11.3 Å². The Bertz CT molecular complexity index is 878. The third-order valence-electron chi connectivity index (χ3n) is 5.51. The van der Waals surface area contributed by atoms with Crippen LogP contribution in [-0.2, 0) is 13.0 Å². The lowest BCUT2D eigenvalue weighted by molar-refractivity contribution is -0.936. The van der Waals surface area contributed by atoms with E-state index in [9.17, 15) is 4.79 Å². The molecule has 2 atom stereocenters. The first-order chi connectivity index (χ1) is 13.0. The van der Waals surface area contributed by atoms with E-state index in [0.717, 1.165) is 35.6 Å². The first-order valence-electron chi connectivity index (χ1n) is 9.30. The van der Waals surface area contributed by atoms with Crippen molar-refractivity contribution < 1.29 is 19.2 Å². The number of carbonyl (C=O) groups excluding carboxylic acids is 1. The van der Waals surface area contributed by atoms with Crippen LogP contribution in [0.15, 0.2) is 18.2 Å². The van der Waals surface area contributed by atoms with Crippen LogP contribution in [-0.4, -0.2) is 32.7 Å². The van der Waals surface area contributed by atoms with Gasteiger partial charge in [0, 0.05) is 12.0 Å². The molecule has 1 amide bonds. The van der Waals surface area contributed by atoms with E-state index in [2.05, 4.69) is 24.5 Å². The molecule has 0 spiro atoms. The average molecular weight is 389 g/mol. The lowest BCUT2D eigenvalue weighted by atomic mass is 9.99. The maximum atomic E-state index is 12.9. The van der Waals surface area contributed by atoms with Crippen LogP contribution < -0.4 is 25.0 Å². The fraction of sp³-hybridized carbons (Fsp3) is 0.450. The summed E-state index contributed by atoms with van der Waals surface area (Å²) in [6, 6.07) is 6.30. The van der Waals surface area contributed by atoms with Crippen molar-refractivity contribution in [1.82, 2.24) is 5.32 Å². The molecule has 1 aromatic heterocycles. The number of benzene rings is 1. The summed E-state index contributed by atoms with van der Waals surface area (Å²) in [6.45, 7) is 6.58. The van der Waals surface area contributed by atoms with Gasteiger partial charge in [-0.05, 0) is 25.5 Å². The molecule has 6 nitrogen and oxygen atoms in total. The molecule has 2 aliphatic rings. The zero-order chi connectivity index (χ0) is 19.1. The van der Waals surface area contributed by atoms with Crippen LogP contribution in [0.25, 0.3) is 0 Å². The Labute approximate surface area is 163 Å². The van der Waals surface area contributed by atoms with E-state index in [-0.39, 0.29) is 12.1 Å². The van der Waals surface area contributed by atoms with Crippen LogP contribution in [0.2, 0.25) is 0 Å². The second kappa shape index (κ2) is 7.05. The van der Waals surface area contributed by atoms with Crippen LogP contribution in [0.4, 0.5) is 5.00 Å². The molecule has 27 heavy (non-hydrogen) atoms. The molecule has 0 radical (unpaired) electrons. The topological polar surface area (TPSA) is 64.0 Å². The van der Waals surface area contributed by atoms with Crippen LogP contribution in [0.1, 0.15) is 46.4 Å². The van der Waals surface area contributed by atoms with Crippen LogP contribution in [0.3, 0.4) is 0 Å². The van der Waals surface area contributed by atoms with E-state index >= 15 is 0 Å². The number of ether oxygens (including phenoxy) is 2. The quantitative estimate of drug-likeness (QED) is 0.749. The predicted octanol–water partition coefficient (Wildman–Crippen LogP) is 1.97. The van der Waals surface area contributed by atoms with Gasteiger partial charge in [0.1, 0.15) is 17.7 Å². The standard InChI is InChI=1S/C20H25N3O3S/c1-11(2)23-9-8-12-15(10-23)27-20-16(12)19(24)21-18(22-20)13-6-5-7-14(25-3)17(13)26-4/h5-7,11,18,22H,8-10H2,1-4H3,(H,21,24)/p+1/t18-/m1/s1. The fourth-order valence-electron chi connectivity index (χ4n) is 4.00. The Morgan fingerprint density at radius 1 is 1.22 bits per heavy atom. The van der Waals surface area contributed by atoms with E-state index in [1.54, 1.807) is 30.5 Å². The summed E-state index contributed by atoms with van der Waals surface area (Å²) in [5.41, 5.74) is 2.91. The molecule has 4 rings (SSSR count). The number of carbonyl (C=O) groups is 1. The number of anilines is 1. The first kappa shape index (κ1) is 18.1. The molecule has 2 aliphatic heterocycles. The van der Waals surface area contributed by atoms with E-state index in [0.29, 0.717) is 17.5 Å². The molecular formula is C20H26N3O3S+. The van der Waals surface area contributed by atoms with E-state index < -0.39 is 0 Å². The molecule has 2 aromatic rings. The summed E-state index contributed by atoms with van der Waals surface area (Å²) in [4.78, 5) is 15.9. The van der Waals surface area contributed by atoms with Gasteiger partial charge in [-0.3, -0.25) is 4.79 Å². The monoisotopic (exact) mass is 388 g/mol. The number of thiophene rings is 1. The van der Waals surface area contributed by atoms with Crippen molar-refractivity contribution in [2.24, 2.45) is 0 Å². The Morgan fingerprint density at radius 2 is 2.04 bits per heavy atom. The molecule has 7 heteroatoms. The Hall–Kier alpha value is -2.25. The number of amides is 1. The van der Waals surface area contributed by atoms with Gasteiger partial charge in [0.25, 0.3) is 5.91 Å². The number of nitrogens with one attached hydrogen (secondary N) is 3. The summed E-state index contributed by atoms with van der Waals surface area (Å²) in [6.07, 6.45) is 0.611. The Morgan fingerprint density at radius 3 is 2.74 bits per heavy atom. The largest absolute Gasteiger partial charge is 0.493 e. The van der Waals surface area contributed by atoms with E-state index in [4.69, 9.17) is 9.47 Å².